The summed E-state index contributed by atoms with van der Waals surface area (Å²) in [7, 11) is -3.10. The molecule has 0 saturated heterocycles. The van der Waals surface area contributed by atoms with Gasteiger partial charge in [0, 0.05) is 12.2 Å². The van der Waals surface area contributed by atoms with Crippen molar-refractivity contribution in [1.82, 2.24) is 0 Å². The van der Waals surface area contributed by atoms with E-state index in [4.69, 9.17) is 5.73 Å². The molecule has 0 heterocycles. The van der Waals surface area contributed by atoms with Gasteiger partial charge >= 0.3 is 0 Å². The molecule has 0 bridgehead atoms. The Bertz CT molecular complexity index is 469. The van der Waals surface area contributed by atoms with Crippen LogP contribution in [-0.2, 0) is 9.84 Å². The zero-order valence-electron chi connectivity index (χ0n) is 11.7. The van der Waals surface area contributed by atoms with Gasteiger partial charge in [0.25, 0.3) is 0 Å². The Morgan fingerprint density at radius 1 is 1.26 bits per heavy atom. The molecule has 0 aromatic heterocycles. The fourth-order valence-electron chi connectivity index (χ4n) is 1.75. The predicted octanol–water partition coefficient (Wildman–Crippen LogP) is 2.27. The number of hydrogen-bond acceptors (Lipinski definition) is 4. The van der Waals surface area contributed by atoms with Gasteiger partial charge in [-0.15, -0.1) is 0 Å². The van der Waals surface area contributed by atoms with E-state index in [2.05, 4.69) is 12.2 Å². The van der Waals surface area contributed by atoms with Crippen LogP contribution in [0.5, 0.6) is 0 Å². The fourth-order valence-corrected chi connectivity index (χ4v) is 2.63. The molecule has 5 heteroatoms. The molecular weight excluding hydrogens is 260 g/mol. The second-order valence-electron chi connectivity index (χ2n) is 4.84. The first-order valence-electron chi connectivity index (χ1n) is 6.76. The van der Waals surface area contributed by atoms with E-state index >= 15 is 0 Å². The van der Waals surface area contributed by atoms with Crippen LogP contribution >= 0.6 is 0 Å². The van der Waals surface area contributed by atoms with Gasteiger partial charge in [0.2, 0.25) is 0 Å². The average molecular weight is 284 g/mol. The summed E-state index contributed by atoms with van der Waals surface area (Å²) in [6.07, 6.45) is 2.17. The molecule has 0 fully saturated rings. The summed E-state index contributed by atoms with van der Waals surface area (Å²) >= 11 is 0. The highest BCUT2D eigenvalue weighted by Gasteiger charge is 2.10. The third-order valence-corrected chi connectivity index (χ3v) is 4.95. The molecule has 108 valence electrons. The number of sulfone groups is 1. The highest BCUT2D eigenvalue weighted by Crippen LogP contribution is 2.15. The van der Waals surface area contributed by atoms with Crippen molar-refractivity contribution in [3.63, 3.8) is 0 Å². The number of benzene rings is 1. The Morgan fingerprint density at radius 3 is 2.42 bits per heavy atom. The number of nitrogens with one attached hydrogen (secondary N) is 1. The summed E-state index contributed by atoms with van der Waals surface area (Å²) in [6, 6.07) is 6.94. The van der Waals surface area contributed by atoms with Crippen molar-refractivity contribution in [3.8, 4) is 0 Å². The topological polar surface area (TPSA) is 72.2 Å². The fraction of sp³-hybridized carbons (Fsp3) is 0.571. The van der Waals surface area contributed by atoms with Crippen LogP contribution in [0.3, 0.4) is 0 Å². The maximum Gasteiger partial charge on any atom is 0.178 e. The molecule has 0 saturated carbocycles. The van der Waals surface area contributed by atoms with Crippen molar-refractivity contribution in [2.75, 3.05) is 24.2 Å². The molecule has 0 aliphatic carbocycles. The van der Waals surface area contributed by atoms with Gasteiger partial charge in [-0.2, -0.15) is 0 Å². The molecule has 3 N–H and O–H groups in total. The van der Waals surface area contributed by atoms with Crippen molar-refractivity contribution in [1.29, 1.82) is 0 Å². The number of nitrogens with two attached hydrogens (primary N) is 1. The first kappa shape index (κ1) is 16.0. The number of rotatable bonds is 8. The summed E-state index contributed by atoms with van der Waals surface area (Å²) in [6.45, 7) is 5.40. The van der Waals surface area contributed by atoms with E-state index in [9.17, 15) is 8.42 Å². The molecule has 0 radical (unpaired) electrons. The summed E-state index contributed by atoms with van der Waals surface area (Å²) in [4.78, 5) is 0.386. The summed E-state index contributed by atoms with van der Waals surface area (Å²) in [5.74, 6) is 0.690. The maximum absolute atomic E-state index is 11.6. The normalized spacial score (nSPS) is 13.2. The molecule has 1 rings (SSSR count). The lowest BCUT2D eigenvalue weighted by atomic mass is 10.1. The lowest BCUT2D eigenvalue weighted by molar-refractivity contribution is 0.529. The van der Waals surface area contributed by atoms with Gasteiger partial charge in [0.05, 0.1) is 10.6 Å². The number of anilines is 1. The van der Waals surface area contributed by atoms with Crippen LogP contribution in [0.2, 0.25) is 0 Å². The Balaban J connectivity index is 2.45. The highest BCUT2D eigenvalue weighted by molar-refractivity contribution is 7.91. The second-order valence-corrected chi connectivity index (χ2v) is 7.12. The van der Waals surface area contributed by atoms with E-state index in [1.165, 1.54) is 0 Å². The molecular formula is C14H24N2O2S. The highest BCUT2D eigenvalue weighted by atomic mass is 32.2. The molecule has 19 heavy (non-hydrogen) atoms. The van der Waals surface area contributed by atoms with Crippen molar-refractivity contribution in [2.45, 2.75) is 31.6 Å². The zero-order chi connectivity index (χ0) is 14.3. The number of hydrogen-bond donors (Lipinski definition) is 2. The van der Waals surface area contributed by atoms with Gasteiger partial charge in [-0.05, 0) is 49.6 Å². The smallest absolute Gasteiger partial charge is 0.178 e. The lowest BCUT2D eigenvalue weighted by Gasteiger charge is -2.10. The molecule has 0 aliphatic heterocycles. The van der Waals surface area contributed by atoms with Crippen molar-refractivity contribution < 1.29 is 8.42 Å². The third kappa shape index (κ3) is 5.20. The van der Waals surface area contributed by atoms with Crippen LogP contribution in [0.15, 0.2) is 29.2 Å². The lowest BCUT2D eigenvalue weighted by Crippen LogP contribution is -2.12. The largest absolute Gasteiger partial charge is 0.385 e. The predicted molar refractivity (Wildman–Crippen MR) is 80.1 cm³/mol. The first-order valence-corrected chi connectivity index (χ1v) is 8.41. The molecule has 1 atom stereocenters. The van der Waals surface area contributed by atoms with Crippen LogP contribution in [0.1, 0.15) is 26.7 Å². The molecule has 0 spiro atoms. The monoisotopic (exact) mass is 284 g/mol. The van der Waals surface area contributed by atoms with E-state index < -0.39 is 9.84 Å². The van der Waals surface area contributed by atoms with Crippen LogP contribution in [-0.4, -0.2) is 27.3 Å². The Labute approximate surface area is 116 Å². The van der Waals surface area contributed by atoms with Crippen molar-refractivity contribution >= 4 is 15.5 Å². The van der Waals surface area contributed by atoms with Crippen LogP contribution in [0, 0.1) is 5.92 Å². The maximum atomic E-state index is 11.6. The van der Waals surface area contributed by atoms with Gasteiger partial charge in [0.1, 0.15) is 0 Å². The SMILES string of the molecule is CCS(=O)(=O)c1ccc(NCCCC(C)CN)cc1. The molecule has 0 aliphatic rings. The van der Waals surface area contributed by atoms with E-state index in [0.717, 1.165) is 31.6 Å². The molecule has 0 amide bonds. The van der Waals surface area contributed by atoms with Crippen molar-refractivity contribution in [3.05, 3.63) is 24.3 Å². The average Bonchev–Trinajstić information content (AvgIpc) is 2.43. The second kappa shape index (κ2) is 7.50. The van der Waals surface area contributed by atoms with E-state index in [1.54, 1.807) is 19.1 Å². The summed E-state index contributed by atoms with van der Waals surface area (Å²) in [5, 5.41) is 3.29. The van der Waals surface area contributed by atoms with E-state index in [0.29, 0.717) is 10.8 Å². The van der Waals surface area contributed by atoms with Gasteiger partial charge in [0.15, 0.2) is 9.84 Å². The van der Waals surface area contributed by atoms with Crippen LogP contribution < -0.4 is 11.1 Å². The first-order chi connectivity index (χ1) is 8.99. The van der Waals surface area contributed by atoms with Gasteiger partial charge in [-0.3, -0.25) is 0 Å². The summed E-state index contributed by atoms with van der Waals surface area (Å²) in [5.41, 5.74) is 6.51. The minimum absolute atomic E-state index is 0.136. The summed E-state index contributed by atoms with van der Waals surface area (Å²) < 4.78 is 23.3. The van der Waals surface area contributed by atoms with E-state index in [1.807, 2.05) is 12.1 Å². The molecule has 1 unspecified atom stereocenters. The van der Waals surface area contributed by atoms with Gasteiger partial charge < -0.3 is 11.1 Å². The quantitative estimate of drug-likeness (QED) is 0.718. The third-order valence-electron chi connectivity index (χ3n) is 3.20. The Morgan fingerprint density at radius 2 is 1.89 bits per heavy atom. The standard InChI is InChI=1S/C14H24N2O2S/c1-3-19(17,18)14-8-6-13(7-9-14)16-10-4-5-12(2)11-15/h6-9,12,16H,3-5,10-11,15H2,1-2H3. The Kier molecular flexibility index (Phi) is 6.31. The van der Waals surface area contributed by atoms with E-state index in [-0.39, 0.29) is 5.75 Å². The Hall–Kier alpha value is -1.07. The van der Waals surface area contributed by atoms with Gasteiger partial charge in [-0.25, -0.2) is 8.42 Å². The van der Waals surface area contributed by atoms with Crippen LogP contribution in [0.4, 0.5) is 5.69 Å². The molecule has 4 nitrogen and oxygen atoms in total. The van der Waals surface area contributed by atoms with Crippen LogP contribution in [0.25, 0.3) is 0 Å². The zero-order valence-corrected chi connectivity index (χ0v) is 12.5. The molecule has 1 aromatic carbocycles. The van der Waals surface area contributed by atoms with Crippen molar-refractivity contribution in [2.24, 2.45) is 11.7 Å². The minimum atomic E-state index is -3.10. The minimum Gasteiger partial charge on any atom is -0.385 e. The van der Waals surface area contributed by atoms with Gasteiger partial charge in [-0.1, -0.05) is 13.8 Å². The molecule has 1 aromatic rings.